The lowest BCUT2D eigenvalue weighted by atomic mass is 10.1. The van der Waals surface area contributed by atoms with Crippen LogP contribution in [0.2, 0.25) is 0 Å². The number of aromatic nitrogens is 2. The largest absolute Gasteiger partial charge is 0.392 e. The van der Waals surface area contributed by atoms with Gasteiger partial charge in [-0.25, -0.2) is 18.1 Å². The van der Waals surface area contributed by atoms with Gasteiger partial charge in [0.2, 0.25) is 10.0 Å². The molecule has 0 saturated heterocycles. The van der Waals surface area contributed by atoms with E-state index in [2.05, 4.69) is 14.7 Å². The number of benzene rings is 1. The average molecular weight is 295 g/mol. The van der Waals surface area contributed by atoms with Gasteiger partial charge in [0.25, 0.3) is 0 Å². The van der Waals surface area contributed by atoms with Gasteiger partial charge in [0.15, 0.2) is 0 Å². The molecule has 0 fully saturated rings. The van der Waals surface area contributed by atoms with Gasteiger partial charge in [-0.05, 0) is 11.1 Å². The number of imidazole rings is 1. The third-order valence-corrected chi connectivity index (χ3v) is 4.13. The number of hydrogen-bond acceptors (Lipinski definition) is 4. The SMILES string of the molecule is O=S(=O)(Cc1cccc(CO)c1)NCCc1ncc[nH]1. The summed E-state index contributed by atoms with van der Waals surface area (Å²) in [5.41, 5.74) is 1.36. The van der Waals surface area contributed by atoms with E-state index in [1.807, 2.05) is 0 Å². The topological polar surface area (TPSA) is 95.1 Å². The summed E-state index contributed by atoms with van der Waals surface area (Å²) in [4.78, 5) is 6.94. The van der Waals surface area contributed by atoms with Crippen molar-refractivity contribution >= 4 is 10.0 Å². The van der Waals surface area contributed by atoms with Gasteiger partial charge >= 0.3 is 0 Å². The predicted molar refractivity (Wildman–Crippen MR) is 75.3 cm³/mol. The Balaban J connectivity index is 1.89. The van der Waals surface area contributed by atoms with Gasteiger partial charge in [0.1, 0.15) is 5.82 Å². The van der Waals surface area contributed by atoms with E-state index in [4.69, 9.17) is 5.11 Å². The normalized spacial score (nSPS) is 11.7. The van der Waals surface area contributed by atoms with Crippen LogP contribution in [0.3, 0.4) is 0 Å². The first kappa shape index (κ1) is 14.7. The van der Waals surface area contributed by atoms with E-state index < -0.39 is 10.0 Å². The minimum absolute atomic E-state index is 0.0974. The number of nitrogens with zero attached hydrogens (tertiary/aromatic N) is 1. The fourth-order valence-corrected chi connectivity index (χ4v) is 2.98. The highest BCUT2D eigenvalue weighted by Crippen LogP contribution is 2.08. The number of rotatable bonds is 7. The smallest absolute Gasteiger partial charge is 0.215 e. The second-order valence-corrected chi connectivity index (χ2v) is 6.22. The molecule has 0 spiro atoms. The Morgan fingerprint density at radius 2 is 2.10 bits per heavy atom. The fourth-order valence-electron chi connectivity index (χ4n) is 1.85. The zero-order chi connectivity index (χ0) is 14.4. The summed E-state index contributed by atoms with van der Waals surface area (Å²) < 4.78 is 26.4. The zero-order valence-corrected chi connectivity index (χ0v) is 11.7. The number of aliphatic hydroxyl groups is 1. The zero-order valence-electron chi connectivity index (χ0n) is 10.9. The molecule has 0 aliphatic carbocycles. The molecule has 0 saturated carbocycles. The second-order valence-electron chi connectivity index (χ2n) is 4.42. The maximum Gasteiger partial charge on any atom is 0.215 e. The van der Waals surface area contributed by atoms with Gasteiger partial charge < -0.3 is 10.1 Å². The Morgan fingerprint density at radius 3 is 2.80 bits per heavy atom. The average Bonchev–Trinajstić information content (AvgIpc) is 2.91. The van der Waals surface area contributed by atoms with Crippen LogP contribution < -0.4 is 4.72 Å². The van der Waals surface area contributed by atoms with E-state index in [1.54, 1.807) is 36.7 Å². The molecule has 0 radical (unpaired) electrons. The molecule has 7 heteroatoms. The fraction of sp³-hybridized carbons (Fsp3) is 0.308. The van der Waals surface area contributed by atoms with Crippen LogP contribution in [0.1, 0.15) is 17.0 Å². The molecular weight excluding hydrogens is 278 g/mol. The van der Waals surface area contributed by atoms with Crippen LogP contribution in [0.5, 0.6) is 0 Å². The summed E-state index contributed by atoms with van der Waals surface area (Å²) in [6.07, 6.45) is 3.84. The Kier molecular flexibility index (Phi) is 4.89. The lowest BCUT2D eigenvalue weighted by molar-refractivity contribution is 0.282. The minimum Gasteiger partial charge on any atom is -0.392 e. The number of H-pyrrole nitrogens is 1. The molecule has 2 rings (SSSR count). The van der Waals surface area contributed by atoms with Crippen molar-refractivity contribution in [2.75, 3.05) is 6.54 Å². The van der Waals surface area contributed by atoms with Crippen LogP contribution in [-0.4, -0.2) is 30.0 Å². The summed E-state index contributed by atoms with van der Waals surface area (Å²) in [6, 6.07) is 6.90. The van der Waals surface area contributed by atoms with Crippen LogP contribution in [0, 0.1) is 0 Å². The third kappa shape index (κ3) is 4.44. The molecular formula is C13H17N3O3S. The molecule has 1 aromatic carbocycles. The molecule has 0 aliphatic heterocycles. The summed E-state index contributed by atoms with van der Waals surface area (Å²) >= 11 is 0. The van der Waals surface area contributed by atoms with E-state index in [9.17, 15) is 8.42 Å². The summed E-state index contributed by atoms with van der Waals surface area (Å²) in [5.74, 6) is 0.647. The van der Waals surface area contributed by atoms with Gasteiger partial charge in [-0.15, -0.1) is 0 Å². The first-order valence-electron chi connectivity index (χ1n) is 6.23. The van der Waals surface area contributed by atoms with Crippen molar-refractivity contribution in [1.29, 1.82) is 0 Å². The highest BCUT2D eigenvalue weighted by atomic mass is 32.2. The van der Waals surface area contributed by atoms with Gasteiger partial charge in [0, 0.05) is 25.4 Å². The van der Waals surface area contributed by atoms with E-state index in [1.165, 1.54) is 0 Å². The molecule has 108 valence electrons. The molecule has 0 aliphatic rings. The van der Waals surface area contributed by atoms with E-state index in [0.29, 0.717) is 24.1 Å². The lowest BCUT2D eigenvalue weighted by Crippen LogP contribution is -2.27. The summed E-state index contributed by atoms with van der Waals surface area (Å²) in [6.45, 7) is 0.204. The Morgan fingerprint density at radius 1 is 1.30 bits per heavy atom. The second kappa shape index (κ2) is 6.65. The van der Waals surface area contributed by atoms with Crippen LogP contribution in [-0.2, 0) is 28.8 Å². The van der Waals surface area contributed by atoms with Gasteiger partial charge in [-0.3, -0.25) is 0 Å². The van der Waals surface area contributed by atoms with Crippen LogP contribution in [0.25, 0.3) is 0 Å². The van der Waals surface area contributed by atoms with Crippen molar-refractivity contribution in [3.05, 3.63) is 53.6 Å². The van der Waals surface area contributed by atoms with Gasteiger partial charge in [-0.2, -0.15) is 0 Å². The number of nitrogens with one attached hydrogen (secondary N) is 2. The Hall–Kier alpha value is -1.70. The van der Waals surface area contributed by atoms with E-state index >= 15 is 0 Å². The van der Waals surface area contributed by atoms with Crippen molar-refractivity contribution in [3.63, 3.8) is 0 Å². The number of hydrogen-bond donors (Lipinski definition) is 3. The Labute approximate surface area is 117 Å². The molecule has 0 unspecified atom stereocenters. The number of sulfonamides is 1. The van der Waals surface area contributed by atoms with E-state index in [0.717, 1.165) is 5.82 Å². The molecule has 0 atom stereocenters. The van der Waals surface area contributed by atoms with Crippen molar-refractivity contribution in [3.8, 4) is 0 Å². The lowest BCUT2D eigenvalue weighted by Gasteiger charge is -2.07. The summed E-state index contributed by atoms with van der Waals surface area (Å²) in [5, 5.41) is 9.03. The van der Waals surface area contributed by atoms with Crippen molar-refractivity contribution in [2.24, 2.45) is 0 Å². The van der Waals surface area contributed by atoms with Crippen molar-refractivity contribution in [1.82, 2.24) is 14.7 Å². The van der Waals surface area contributed by atoms with Gasteiger partial charge in [-0.1, -0.05) is 24.3 Å². The standard InChI is InChI=1S/C13H17N3O3S/c17-9-11-2-1-3-12(8-11)10-20(18,19)16-5-4-13-14-6-7-15-13/h1-3,6-8,16-17H,4-5,9-10H2,(H,14,15). The molecule has 1 aromatic heterocycles. The molecule has 1 heterocycles. The molecule has 6 nitrogen and oxygen atoms in total. The first-order chi connectivity index (χ1) is 9.59. The van der Waals surface area contributed by atoms with E-state index in [-0.39, 0.29) is 12.4 Å². The molecule has 20 heavy (non-hydrogen) atoms. The van der Waals surface area contributed by atoms with Crippen molar-refractivity contribution in [2.45, 2.75) is 18.8 Å². The quantitative estimate of drug-likeness (QED) is 0.695. The minimum atomic E-state index is -3.39. The molecule has 3 N–H and O–H groups in total. The van der Waals surface area contributed by atoms with Crippen molar-refractivity contribution < 1.29 is 13.5 Å². The maximum atomic E-state index is 11.9. The highest BCUT2D eigenvalue weighted by Gasteiger charge is 2.11. The van der Waals surface area contributed by atoms with Crippen LogP contribution in [0.15, 0.2) is 36.7 Å². The molecule has 0 bridgehead atoms. The summed E-state index contributed by atoms with van der Waals surface area (Å²) in [7, 11) is -3.39. The maximum absolute atomic E-state index is 11.9. The van der Waals surface area contributed by atoms with Crippen LogP contribution >= 0.6 is 0 Å². The molecule has 2 aromatic rings. The number of aromatic amines is 1. The van der Waals surface area contributed by atoms with Crippen LogP contribution in [0.4, 0.5) is 0 Å². The highest BCUT2D eigenvalue weighted by molar-refractivity contribution is 7.88. The monoisotopic (exact) mass is 295 g/mol. The molecule has 0 amide bonds. The first-order valence-corrected chi connectivity index (χ1v) is 7.88. The number of aliphatic hydroxyl groups excluding tert-OH is 1. The Bertz CT molecular complexity index is 639. The third-order valence-electron chi connectivity index (χ3n) is 2.77. The van der Waals surface area contributed by atoms with Gasteiger partial charge in [0.05, 0.1) is 12.4 Å². The predicted octanol–water partition coefficient (Wildman–Crippen LogP) is 0.564.